The van der Waals surface area contributed by atoms with Gasteiger partial charge in [0.15, 0.2) is 0 Å². The molecule has 0 bridgehead atoms. The summed E-state index contributed by atoms with van der Waals surface area (Å²) in [7, 11) is 0. The van der Waals surface area contributed by atoms with Crippen LogP contribution in [0.5, 0.6) is 0 Å². The van der Waals surface area contributed by atoms with Crippen molar-refractivity contribution >= 4 is 38.6 Å². The molecular formula is C13H16BrNS2. The molecule has 1 nitrogen and oxygen atoms in total. The first kappa shape index (κ1) is 13.3. The third-order valence-electron chi connectivity index (χ3n) is 2.71. The van der Waals surface area contributed by atoms with Crippen LogP contribution in [0.1, 0.15) is 35.4 Å². The van der Waals surface area contributed by atoms with Crippen LogP contribution in [-0.4, -0.2) is 6.54 Å². The number of rotatable bonds is 5. The fourth-order valence-electron chi connectivity index (χ4n) is 1.88. The molecule has 1 N–H and O–H groups in total. The molecule has 2 aromatic rings. The second-order valence-electron chi connectivity index (χ2n) is 4.01. The lowest BCUT2D eigenvalue weighted by Gasteiger charge is -2.17. The highest BCUT2D eigenvalue weighted by atomic mass is 79.9. The van der Waals surface area contributed by atoms with Gasteiger partial charge < -0.3 is 5.32 Å². The molecule has 92 valence electrons. The molecule has 1 unspecified atom stereocenters. The van der Waals surface area contributed by atoms with E-state index in [1.54, 1.807) is 11.3 Å². The summed E-state index contributed by atoms with van der Waals surface area (Å²) in [5.74, 6) is 0. The molecule has 0 aliphatic carbocycles. The van der Waals surface area contributed by atoms with Crippen molar-refractivity contribution < 1.29 is 0 Å². The monoisotopic (exact) mass is 329 g/mol. The van der Waals surface area contributed by atoms with E-state index in [0.717, 1.165) is 13.0 Å². The van der Waals surface area contributed by atoms with Gasteiger partial charge in [0, 0.05) is 4.88 Å². The molecule has 0 fully saturated rings. The van der Waals surface area contributed by atoms with E-state index in [9.17, 15) is 0 Å². The number of hydrogen-bond donors (Lipinski definition) is 1. The van der Waals surface area contributed by atoms with E-state index in [1.807, 2.05) is 11.3 Å². The van der Waals surface area contributed by atoms with Crippen LogP contribution in [0.4, 0.5) is 0 Å². The molecule has 1 atom stereocenters. The van der Waals surface area contributed by atoms with Crippen LogP contribution in [0.25, 0.3) is 0 Å². The summed E-state index contributed by atoms with van der Waals surface area (Å²) in [6.45, 7) is 5.44. The summed E-state index contributed by atoms with van der Waals surface area (Å²) in [5.41, 5.74) is 2.77. The number of nitrogens with one attached hydrogen (secondary N) is 1. The summed E-state index contributed by atoms with van der Waals surface area (Å²) in [5, 5.41) is 8.01. The molecule has 0 aliphatic rings. The summed E-state index contributed by atoms with van der Waals surface area (Å²) in [6, 6.07) is 4.79. The molecule has 0 saturated heterocycles. The Kier molecular flexibility index (Phi) is 4.79. The van der Waals surface area contributed by atoms with Crippen LogP contribution < -0.4 is 5.32 Å². The first-order chi connectivity index (χ1) is 8.22. The lowest BCUT2D eigenvalue weighted by molar-refractivity contribution is 0.599. The Bertz CT molecular complexity index is 462. The highest BCUT2D eigenvalue weighted by Gasteiger charge is 2.17. The van der Waals surface area contributed by atoms with Gasteiger partial charge in [-0.2, -0.15) is 11.3 Å². The van der Waals surface area contributed by atoms with Gasteiger partial charge in [0.05, 0.1) is 9.83 Å². The van der Waals surface area contributed by atoms with E-state index in [-0.39, 0.29) is 0 Å². The molecule has 4 heteroatoms. The van der Waals surface area contributed by atoms with Crippen molar-refractivity contribution in [3.8, 4) is 0 Å². The van der Waals surface area contributed by atoms with Crippen molar-refractivity contribution in [2.45, 2.75) is 26.3 Å². The van der Waals surface area contributed by atoms with E-state index in [4.69, 9.17) is 0 Å². The second-order valence-corrected chi connectivity index (χ2v) is 7.42. The third-order valence-corrected chi connectivity index (χ3v) is 4.98. The van der Waals surface area contributed by atoms with Crippen LogP contribution in [0.15, 0.2) is 26.7 Å². The zero-order valence-corrected chi connectivity index (χ0v) is 13.2. The Balaban J connectivity index is 2.30. The molecule has 0 spiro atoms. The van der Waals surface area contributed by atoms with Crippen molar-refractivity contribution in [2.75, 3.05) is 6.54 Å². The van der Waals surface area contributed by atoms with Crippen molar-refractivity contribution in [1.29, 1.82) is 0 Å². The summed E-state index contributed by atoms with van der Waals surface area (Å²) < 4.78 is 1.21. The van der Waals surface area contributed by atoms with Crippen molar-refractivity contribution in [1.82, 2.24) is 5.32 Å². The Hall–Kier alpha value is -0.160. The SMILES string of the molecule is CCCNC(c1ccsc1)c1cc(Br)sc1C. The quantitative estimate of drug-likeness (QED) is 0.816. The van der Waals surface area contributed by atoms with E-state index >= 15 is 0 Å². The van der Waals surface area contributed by atoms with Crippen LogP contribution in [0.3, 0.4) is 0 Å². The minimum absolute atomic E-state index is 0.337. The van der Waals surface area contributed by atoms with E-state index in [0.29, 0.717) is 6.04 Å². The van der Waals surface area contributed by atoms with Gasteiger partial charge >= 0.3 is 0 Å². The van der Waals surface area contributed by atoms with Gasteiger partial charge in [-0.3, -0.25) is 0 Å². The van der Waals surface area contributed by atoms with Gasteiger partial charge in [-0.25, -0.2) is 0 Å². The maximum atomic E-state index is 3.63. The van der Waals surface area contributed by atoms with Gasteiger partial charge in [-0.15, -0.1) is 11.3 Å². The predicted molar refractivity (Wildman–Crippen MR) is 81.2 cm³/mol. The van der Waals surface area contributed by atoms with E-state index < -0.39 is 0 Å². The fraction of sp³-hybridized carbons (Fsp3) is 0.385. The molecule has 0 saturated carbocycles. The number of aryl methyl sites for hydroxylation is 1. The largest absolute Gasteiger partial charge is 0.306 e. The number of thiophene rings is 2. The molecule has 17 heavy (non-hydrogen) atoms. The fourth-order valence-corrected chi connectivity index (χ4v) is 4.31. The van der Waals surface area contributed by atoms with E-state index in [2.05, 4.69) is 58.0 Å². The lowest BCUT2D eigenvalue weighted by Crippen LogP contribution is -2.22. The average molecular weight is 330 g/mol. The zero-order valence-electron chi connectivity index (χ0n) is 10.00. The maximum absolute atomic E-state index is 3.63. The van der Waals surface area contributed by atoms with Gasteiger partial charge in [-0.1, -0.05) is 6.92 Å². The summed E-state index contributed by atoms with van der Waals surface area (Å²) in [6.07, 6.45) is 1.16. The Morgan fingerprint density at radius 3 is 2.82 bits per heavy atom. The molecule has 2 heterocycles. The minimum Gasteiger partial charge on any atom is -0.306 e. The standard InChI is InChI=1S/C13H16BrNS2/c1-3-5-15-13(10-4-6-16-8-10)11-7-12(14)17-9(11)2/h4,6-8,13,15H,3,5H2,1-2H3. The number of halogens is 1. The lowest BCUT2D eigenvalue weighted by atomic mass is 10.0. The topological polar surface area (TPSA) is 12.0 Å². The summed E-state index contributed by atoms with van der Waals surface area (Å²) >= 11 is 7.14. The van der Waals surface area contributed by atoms with Crippen molar-refractivity contribution in [3.05, 3.63) is 42.7 Å². The van der Waals surface area contributed by atoms with Gasteiger partial charge in [0.25, 0.3) is 0 Å². The van der Waals surface area contributed by atoms with Crippen LogP contribution in [0, 0.1) is 6.92 Å². The molecule has 2 aromatic heterocycles. The molecule has 0 amide bonds. The molecule has 2 rings (SSSR count). The normalized spacial score (nSPS) is 12.9. The molecule has 0 aliphatic heterocycles. The predicted octanol–water partition coefficient (Wildman–Crippen LogP) is 4.97. The van der Waals surface area contributed by atoms with Crippen LogP contribution in [-0.2, 0) is 0 Å². The molecular weight excluding hydrogens is 314 g/mol. The highest BCUT2D eigenvalue weighted by Crippen LogP contribution is 2.34. The zero-order chi connectivity index (χ0) is 12.3. The van der Waals surface area contributed by atoms with Gasteiger partial charge in [-0.05, 0) is 69.8 Å². The average Bonchev–Trinajstić information content (AvgIpc) is 2.90. The third kappa shape index (κ3) is 3.19. The van der Waals surface area contributed by atoms with Crippen molar-refractivity contribution in [2.24, 2.45) is 0 Å². The highest BCUT2D eigenvalue weighted by molar-refractivity contribution is 9.11. The molecule has 0 aromatic carbocycles. The van der Waals surface area contributed by atoms with Gasteiger partial charge in [0.2, 0.25) is 0 Å². The van der Waals surface area contributed by atoms with Gasteiger partial charge in [0.1, 0.15) is 0 Å². The minimum atomic E-state index is 0.337. The molecule has 0 radical (unpaired) electrons. The Morgan fingerprint density at radius 1 is 1.47 bits per heavy atom. The summed E-state index contributed by atoms with van der Waals surface area (Å²) in [4.78, 5) is 1.39. The smallest absolute Gasteiger partial charge is 0.0704 e. The first-order valence-corrected chi connectivity index (χ1v) is 8.29. The van der Waals surface area contributed by atoms with E-state index in [1.165, 1.54) is 19.8 Å². The first-order valence-electron chi connectivity index (χ1n) is 5.73. The second kappa shape index (κ2) is 6.14. The maximum Gasteiger partial charge on any atom is 0.0704 e. The van der Waals surface area contributed by atoms with Crippen LogP contribution in [0.2, 0.25) is 0 Å². The van der Waals surface area contributed by atoms with Crippen molar-refractivity contribution in [3.63, 3.8) is 0 Å². The van der Waals surface area contributed by atoms with Crippen LogP contribution >= 0.6 is 38.6 Å². The number of hydrogen-bond acceptors (Lipinski definition) is 3. The Morgan fingerprint density at radius 2 is 2.29 bits per heavy atom. The Labute approximate surface area is 119 Å².